The first-order valence-electron chi connectivity index (χ1n) is 17.1. The van der Waals surface area contributed by atoms with Crippen LogP contribution in [0.5, 0.6) is 5.75 Å². The number of ether oxygens (including phenoxy) is 5. The highest BCUT2D eigenvalue weighted by molar-refractivity contribution is 7.89. The minimum Gasteiger partial charge on any atom is -0.491 e. The Hall–Kier alpha value is -3.60. The number of hydrogen-bond donors (Lipinski definition) is 2. The lowest BCUT2D eigenvalue weighted by Gasteiger charge is -2.31. The summed E-state index contributed by atoms with van der Waals surface area (Å²) in [5.74, 6) is -0.699. The molecule has 2 aromatic rings. The van der Waals surface area contributed by atoms with E-state index in [-0.39, 0.29) is 22.3 Å². The van der Waals surface area contributed by atoms with Gasteiger partial charge in [0.05, 0.1) is 64.2 Å². The predicted octanol–water partition coefficient (Wildman–Crippen LogP) is 2.77. The molecule has 15 heteroatoms. The second kappa shape index (κ2) is 22.3. The maximum Gasteiger partial charge on any atom is 0.322 e. The molecular weight excluding hydrogens is 670 g/mol. The first-order chi connectivity index (χ1) is 24.1. The van der Waals surface area contributed by atoms with Gasteiger partial charge in [0.1, 0.15) is 18.9 Å². The third kappa shape index (κ3) is 14.0. The van der Waals surface area contributed by atoms with E-state index in [0.29, 0.717) is 105 Å². The van der Waals surface area contributed by atoms with E-state index >= 15 is 0 Å². The number of aliphatic carboxylic acids is 1. The Morgan fingerprint density at radius 2 is 1.30 bits per heavy atom. The van der Waals surface area contributed by atoms with Gasteiger partial charge in [0, 0.05) is 31.7 Å². The van der Waals surface area contributed by atoms with Crippen molar-refractivity contribution in [1.82, 2.24) is 14.5 Å². The van der Waals surface area contributed by atoms with E-state index in [4.69, 9.17) is 28.8 Å². The van der Waals surface area contributed by atoms with Gasteiger partial charge in [-0.2, -0.15) is 4.31 Å². The largest absolute Gasteiger partial charge is 0.491 e. The number of rotatable bonds is 24. The number of carbonyl (C=O) groups excluding carboxylic acids is 2. The highest BCUT2D eigenvalue weighted by Gasteiger charge is 2.30. The summed E-state index contributed by atoms with van der Waals surface area (Å²) in [4.78, 5) is 36.5. The second-order valence-electron chi connectivity index (χ2n) is 11.5. The predicted molar refractivity (Wildman–Crippen MR) is 185 cm³/mol. The summed E-state index contributed by atoms with van der Waals surface area (Å²) >= 11 is 0. The first-order valence-corrected chi connectivity index (χ1v) is 18.5. The molecular formula is C35H51N3O11S. The SMILES string of the molecule is CCN(CC)C(=O)CCOCCOCCOCCOCCOc1ccc(C2CCN(S(=O)(=O)c3ccc(C(=O)NCC(=O)O)cc3)CC2)cc1. The second-order valence-corrected chi connectivity index (χ2v) is 13.4. The van der Waals surface area contributed by atoms with Crippen LogP contribution in [0.15, 0.2) is 53.4 Å². The number of carboxylic acid groups (broad SMARTS) is 1. The lowest BCUT2D eigenvalue weighted by atomic mass is 9.90. The van der Waals surface area contributed by atoms with Crippen molar-refractivity contribution in [1.29, 1.82) is 0 Å². The van der Waals surface area contributed by atoms with E-state index in [9.17, 15) is 22.8 Å². The number of carboxylic acids is 1. The fourth-order valence-electron chi connectivity index (χ4n) is 5.33. The van der Waals surface area contributed by atoms with Crippen LogP contribution in [0.3, 0.4) is 0 Å². The summed E-state index contributed by atoms with van der Waals surface area (Å²) in [6, 6.07) is 13.3. The molecule has 0 atom stereocenters. The standard InChI is InChI=1S/C35H51N3O11S/c1-3-37(4-2)33(39)15-18-45-19-20-46-21-22-47-23-24-48-25-26-49-31-9-5-28(6-10-31)29-13-16-38(17-14-29)50(43,44)32-11-7-30(8-12-32)35(42)36-27-34(40)41/h5-12,29H,3-4,13-27H2,1-2H3,(H,36,42)(H,40,41). The van der Waals surface area contributed by atoms with Crippen molar-refractivity contribution < 1.29 is 51.6 Å². The zero-order valence-electron chi connectivity index (χ0n) is 29.0. The topological polar surface area (TPSA) is 170 Å². The van der Waals surface area contributed by atoms with Crippen LogP contribution in [0, 0.1) is 0 Å². The summed E-state index contributed by atoms with van der Waals surface area (Å²) in [7, 11) is -3.73. The molecule has 50 heavy (non-hydrogen) atoms. The van der Waals surface area contributed by atoms with Crippen molar-refractivity contribution in [3.63, 3.8) is 0 Å². The molecule has 0 radical (unpaired) electrons. The van der Waals surface area contributed by atoms with Gasteiger partial charge in [0.2, 0.25) is 15.9 Å². The van der Waals surface area contributed by atoms with Gasteiger partial charge in [-0.05, 0) is 74.6 Å². The third-order valence-electron chi connectivity index (χ3n) is 8.15. The van der Waals surface area contributed by atoms with Crippen molar-refractivity contribution >= 4 is 27.8 Å². The van der Waals surface area contributed by atoms with Crippen molar-refractivity contribution in [3.05, 3.63) is 59.7 Å². The summed E-state index contributed by atoms with van der Waals surface area (Å²) in [6.07, 6.45) is 1.73. The summed E-state index contributed by atoms with van der Waals surface area (Å²) in [5, 5.41) is 11.0. The molecule has 0 saturated carbocycles. The van der Waals surface area contributed by atoms with E-state index in [1.165, 1.54) is 28.6 Å². The van der Waals surface area contributed by atoms with Gasteiger partial charge in [-0.15, -0.1) is 0 Å². The van der Waals surface area contributed by atoms with Gasteiger partial charge >= 0.3 is 5.97 Å². The van der Waals surface area contributed by atoms with Gasteiger partial charge in [0.15, 0.2) is 0 Å². The average molecular weight is 722 g/mol. The van der Waals surface area contributed by atoms with Gasteiger partial charge in [0.25, 0.3) is 5.91 Å². The molecule has 0 unspecified atom stereocenters. The molecule has 0 aliphatic carbocycles. The Kier molecular flexibility index (Phi) is 18.2. The van der Waals surface area contributed by atoms with Gasteiger partial charge in [-0.25, -0.2) is 8.42 Å². The smallest absolute Gasteiger partial charge is 0.322 e. The van der Waals surface area contributed by atoms with E-state index in [1.807, 2.05) is 38.1 Å². The molecule has 278 valence electrons. The number of piperidine rings is 1. The zero-order valence-corrected chi connectivity index (χ0v) is 29.9. The van der Waals surface area contributed by atoms with Crippen LogP contribution in [-0.2, 0) is 38.6 Å². The molecule has 1 aliphatic rings. The number of benzene rings is 2. The monoisotopic (exact) mass is 721 g/mol. The number of carbonyl (C=O) groups is 3. The van der Waals surface area contributed by atoms with E-state index in [1.54, 1.807) is 4.90 Å². The number of nitrogens with zero attached hydrogens (tertiary/aromatic N) is 2. The van der Waals surface area contributed by atoms with E-state index in [2.05, 4.69) is 5.32 Å². The molecule has 0 bridgehead atoms. The van der Waals surface area contributed by atoms with Crippen LogP contribution < -0.4 is 10.1 Å². The molecule has 14 nitrogen and oxygen atoms in total. The summed E-state index contributed by atoms with van der Waals surface area (Å²) in [5.41, 5.74) is 1.31. The van der Waals surface area contributed by atoms with Crippen LogP contribution >= 0.6 is 0 Å². The van der Waals surface area contributed by atoms with Crippen molar-refractivity contribution in [2.45, 2.75) is 43.9 Å². The van der Waals surface area contributed by atoms with Crippen LogP contribution in [-0.4, -0.2) is 133 Å². The van der Waals surface area contributed by atoms with Crippen molar-refractivity contribution in [3.8, 4) is 5.75 Å². The molecule has 1 saturated heterocycles. The molecule has 2 amide bonds. The molecule has 1 heterocycles. The number of hydrogen-bond acceptors (Lipinski definition) is 10. The zero-order chi connectivity index (χ0) is 36.2. The molecule has 3 rings (SSSR count). The lowest BCUT2D eigenvalue weighted by molar-refractivity contribution is -0.136. The Morgan fingerprint density at radius 1 is 0.780 bits per heavy atom. The van der Waals surface area contributed by atoms with Crippen LogP contribution in [0.1, 0.15) is 54.9 Å². The van der Waals surface area contributed by atoms with E-state index < -0.39 is 28.4 Å². The Labute approximate surface area is 295 Å². The summed E-state index contributed by atoms with van der Waals surface area (Å²) < 4.78 is 55.6. The average Bonchev–Trinajstić information content (AvgIpc) is 3.13. The fourth-order valence-corrected chi connectivity index (χ4v) is 6.79. The van der Waals surface area contributed by atoms with Crippen molar-refractivity contribution in [2.75, 3.05) is 92.2 Å². The molecule has 1 fully saturated rings. The molecule has 2 aromatic carbocycles. The minimum atomic E-state index is -3.73. The Balaban J connectivity index is 1.22. The normalized spacial score (nSPS) is 14.0. The molecule has 1 aliphatic heterocycles. The maximum absolute atomic E-state index is 13.2. The molecule has 2 N–H and O–H groups in total. The Bertz CT molecular complexity index is 1410. The fraction of sp³-hybridized carbons (Fsp3) is 0.571. The van der Waals surface area contributed by atoms with Gasteiger partial charge in [-0.3, -0.25) is 14.4 Å². The van der Waals surface area contributed by atoms with Gasteiger partial charge in [-0.1, -0.05) is 12.1 Å². The van der Waals surface area contributed by atoms with Crippen LogP contribution in [0.25, 0.3) is 0 Å². The lowest BCUT2D eigenvalue weighted by Crippen LogP contribution is -2.37. The molecule has 0 spiro atoms. The number of amides is 2. The van der Waals surface area contributed by atoms with Crippen LogP contribution in [0.2, 0.25) is 0 Å². The minimum absolute atomic E-state index is 0.0875. The number of nitrogens with one attached hydrogen (secondary N) is 1. The highest BCUT2D eigenvalue weighted by Crippen LogP contribution is 2.31. The van der Waals surface area contributed by atoms with Crippen LogP contribution in [0.4, 0.5) is 0 Å². The third-order valence-corrected chi connectivity index (χ3v) is 10.1. The maximum atomic E-state index is 13.2. The quantitative estimate of drug-likeness (QED) is 0.153. The van der Waals surface area contributed by atoms with E-state index in [0.717, 1.165) is 11.3 Å². The number of sulfonamides is 1. The van der Waals surface area contributed by atoms with Crippen molar-refractivity contribution in [2.24, 2.45) is 0 Å². The first kappa shape index (κ1) is 40.8. The van der Waals surface area contributed by atoms with Gasteiger partial charge < -0.3 is 39.0 Å². The highest BCUT2D eigenvalue weighted by atomic mass is 32.2. The molecule has 0 aromatic heterocycles. The summed E-state index contributed by atoms with van der Waals surface area (Å²) in [6.45, 7) is 9.46. The Morgan fingerprint density at radius 3 is 1.82 bits per heavy atom.